The monoisotopic (exact) mass is 336 g/mol. The van der Waals surface area contributed by atoms with Crippen LogP contribution < -0.4 is 11.5 Å². The first-order valence-corrected chi connectivity index (χ1v) is 5.48. The maximum Gasteiger partial charge on any atom is 2.00 e. The zero-order chi connectivity index (χ0) is 16.3. The predicted molar refractivity (Wildman–Crippen MR) is 72.9 cm³/mol. The summed E-state index contributed by atoms with van der Waals surface area (Å²) in [6.07, 6.45) is -0.448. The normalized spacial score (nSPS) is 11.9. The summed E-state index contributed by atoms with van der Waals surface area (Å²) in [6, 6.07) is -2.12. The number of carboxylic acids is 4. The smallest absolute Gasteiger partial charge is 1.00 e. The minimum atomic E-state index is -1.17. The average Bonchev–Trinajstić information content (AvgIpc) is 2.33. The van der Waals surface area contributed by atoms with Crippen LogP contribution in [0.5, 0.6) is 0 Å². The van der Waals surface area contributed by atoms with Gasteiger partial charge in [-0.3, -0.25) is 19.2 Å². The van der Waals surface area contributed by atoms with E-state index >= 15 is 0 Å². The van der Waals surface area contributed by atoms with Gasteiger partial charge in [0.2, 0.25) is 0 Å². The third-order valence-corrected chi connectivity index (χ3v) is 1.97. The molecule has 0 aliphatic carbocycles. The maximum atomic E-state index is 9.99. The van der Waals surface area contributed by atoms with Crippen molar-refractivity contribution in [3.05, 3.63) is 0 Å². The largest absolute Gasteiger partial charge is 2.00 e. The van der Waals surface area contributed by atoms with Crippen molar-refractivity contribution >= 4 is 61.6 Å². The van der Waals surface area contributed by atoms with Gasteiger partial charge in [0.05, 0.1) is 0 Å². The fourth-order valence-corrected chi connectivity index (χ4v) is 0.805. The molecule has 0 saturated carbocycles. The molecule has 120 valence electrons. The van der Waals surface area contributed by atoms with E-state index in [1.54, 1.807) is 0 Å². The van der Waals surface area contributed by atoms with Gasteiger partial charge in [-0.25, -0.2) is 0 Å². The molecule has 0 saturated heterocycles. The van der Waals surface area contributed by atoms with Gasteiger partial charge in [0, 0.05) is 12.8 Å². The van der Waals surface area contributed by atoms with Crippen molar-refractivity contribution in [2.24, 2.45) is 11.5 Å². The summed E-state index contributed by atoms with van der Waals surface area (Å²) in [5.41, 5.74) is 10.0. The number of nitrogens with two attached hydrogens (primary N) is 2. The van der Waals surface area contributed by atoms with Gasteiger partial charge in [-0.1, -0.05) is 0 Å². The molecule has 0 amide bonds. The van der Waals surface area contributed by atoms with Crippen LogP contribution in [0.4, 0.5) is 0 Å². The van der Waals surface area contributed by atoms with Gasteiger partial charge in [0.15, 0.2) is 0 Å². The molecule has 0 aromatic heterocycles. The molecule has 11 heteroatoms. The van der Waals surface area contributed by atoms with Crippen molar-refractivity contribution in [3.63, 3.8) is 0 Å². The van der Waals surface area contributed by atoms with Gasteiger partial charge in [-0.2, -0.15) is 0 Å². The van der Waals surface area contributed by atoms with Crippen molar-refractivity contribution in [1.82, 2.24) is 0 Å². The van der Waals surface area contributed by atoms with Crippen LogP contribution in [-0.2, 0) is 19.2 Å². The van der Waals surface area contributed by atoms with E-state index in [2.05, 4.69) is 0 Å². The first-order valence-electron chi connectivity index (χ1n) is 5.48. The van der Waals surface area contributed by atoms with Crippen LogP contribution in [0.2, 0.25) is 0 Å². The van der Waals surface area contributed by atoms with Crippen molar-refractivity contribution in [1.29, 1.82) is 0 Å². The summed E-state index contributed by atoms with van der Waals surface area (Å²) in [6.45, 7) is 0. The van der Waals surface area contributed by atoms with Gasteiger partial charge in [-0.15, -0.1) is 0 Å². The molecule has 10 nitrogen and oxygen atoms in total. The molecule has 0 spiro atoms. The molecule has 0 radical (unpaired) electrons. The first kappa shape index (κ1) is 25.0. The molecule has 8 N–H and O–H groups in total. The molecular formula is C10H20CaN2O8. The molecule has 0 heterocycles. The summed E-state index contributed by atoms with van der Waals surface area (Å²) >= 11 is 0. The van der Waals surface area contributed by atoms with E-state index in [4.69, 9.17) is 31.9 Å². The molecule has 0 aromatic carbocycles. The second kappa shape index (κ2) is 14.0. The maximum absolute atomic E-state index is 9.99. The van der Waals surface area contributed by atoms with Crippen LogP contribution in [0.25, 0.3) is 0 Å². The number of rotatable bonds is 8. The Bertz CT molecular complexity index is 339. The summed E-state index contributed by atoms with van der Waals surface area (Å²) < 4.78 is 0. The molecule has 2 atom stereocenters. The van der Waals surface area contributed by atoms with Gasteiger partial charge < -0.3 is 34.7 Å². The van der Waals surface area contributed by atoms with Gasteiger partial charge in [0.1, 0.15) is 12.1 Å². The van der Waals surface area contributed by atoms with Crippen LogP contribution in [-0.4, -0.2) is 94.1 Å². The summed E-state index contributed by atoms with van der Waals surface area (Å²) in [4.78, 5) is 39.7. The number of carbonyl (C=O) groups is 4. The summed E-state index contributed by atoms with van der Waals surface area (Å²) in [5, 5.41) is 32.5. The number of hydrogen-bond acceptors (Lipinski definition) is 6. The summed E-state index contributed by atoms with van der Waals surface area (Å²) in [5.74, 6) is -4.39. The Balaban J connectivity index is -0.0000000831. The predicted octanol–water partition coefficient (Wildman–Crippen LogP) is -1.63. The van der Waals surface area contributed by atoms with E-state index in [-0.39, 0.29) is 66.3 Å². The van der Waals surface area contributed by atoms with Gasteiger partial charge >= 0.3 is 61.6 Å². The molecule has 21 heavy (non-hydrogen) atoms. The molecule has 0 aliphatic rings. The van der Waals surface area contributed by atoms with E-state index in [1.165, 1.54) is 0 Å². The van der Waals surface area contributed by atoms with Crippen LogP contribution in [0.3, 0.4) is 0 Å². The topological polar surface area (TPSA) is 201 Å². The molecule has 0 bridgehead atoms. The van der Waals surface area contributed by atoms with Crippen molar-refractivity contribution in [2.75, 3.05) is 0 Å². The van der Waals surface area contributed by atoms with E-state index in [1.807, 2.05) is 0 Å². The van der Waals surface area contributed by atoms with Crippen LogP contribution in [0.1, 0.15) is 28.5 Å². The Kier molecular flexibility index (Phi) is 16.7. The Morgan fingerprint density at radius 1 is 0.762 bits per heavy atom. The minimum absolute atomic E-state index is 0. The van der Waals surface area contributed by atoms with Crippen molar-refractivity contribution in [2.45, 2.75) is 37.8 Å². The van der Waals surface area contributed by atoms with Gasteiger partial charge in [-0.05, 0) is 12.8 Å². The van der Waals surface area contributed by atoms with E-state index in [0.717, 1.165) is 0 Å². The first-order chi connectivity index (χ1) is 9.07. The van der Waals surface area contributed by atoms with Crippen LogP contribution >= 0.6 is 0 Å². The SMILES string of the molecule is NC(CCC(=O)O)C(=O)O.NC(CCC(=O)O)C(=O)O.[Ca+2].[H-].[H-]. The molecule has 2 unspecified atom stereocenters. The third kappa shape index (κ3) is 19.1. The van der Waals surface area contributed by atoms with E-state index in [0.29, 0.717) is 0 Å². The Hall–Kier alpha value is -0.940. The standard InChI is InChI=1S/2C5H9NO4.Ca.2H/c2*6-3(5(9)10)1-2-4(7)8;;;/h2*3H,1-2,6H2,(H,7,8)(H,9,10);;;/q;;+2;2*-1. The fourth-order valence-electron chi connectivity index (χ4n) is 0.805. The van der Waals surface area contributed by atoms with Crippen molar-refractivity contribution in [3.8, 4) is 0 Å². The zero-order valence-electron chi connectivity index (χ0n) is 13.3. The number of carboxylic acid groups (broad SMARTS) is 4. The van der Waals surface area contributed by atoms with E-state index in [9.17, 15) is 19.2 Å². The second-order valence-electron chi connectivity index (χ2n) is 3.75. The molecular weight excluding hydrogens is 316 g/mol. The third-order valence-electron chi connectivity index (χ3n) is 1.97. The molecule has 0 aliphatic heterocycles. The molecule has 0 rings (SSSR count). The van der Waals surface area contributed by atoms with Crippen LogP contribution in [0, 0.1) is 0 Å². The average molecular weight is 336 g/mol. The quantitative estimate of drug-likeness (QED) is 0.279. The molecule has 0 aromatic rings. The summed E-state index contributed by atoms with van der Waals surface area (Å²) in [7, 11) is 0. The number of hydrogen-bond donors (Lipinski definition) is 6. The Morgan fingerprint density at radius 3 is 1.14 bits per heavy atom. The van der Waals surface area contributed by atoms with Crippen LogP contribution in [0.15, 0.2) is 0 Å². The number of aliphatic carboxylic acids is 4. The minimum Gasteiger partial charge on any atom is -1.00 e. The van der Waals surface area contributed by atoms with Gasteiger partial charge in [0.25, 0.3) is 0 Å². The molecule has 0 fully saturated rings. The van der Waals surface area contributed by atoms with Crippen molar-refractivity contribution < 1.29 is 42.5 Å². The Labute approximate surface area is 153 Å². The zero-order valence-corrected chi connectivity index (χ0v) is 13.5. The fraction of sp³-hybridized carbons (Fsp3) is 0.600. The second-order valence-corrected chi connectivity index (χ2v) is 3.75. The van der Waals surface area contributed by atoms with E-state index < -0.39 is 36.0 Å². The Morgan fingerprint density at radius 2 is 1.00 bits per heavy atom.